The Bertz CT molecular complexity index is 1260. The Hall–Kier alpha value is -3.38. The summed E-state index contributed by atoms with van der Waals surface area (Å²) in [5, 5.41) is 11.2. The average molecular weight is 551 g/mol. The number of carbonyl (C=O) groups excluding carboxylic acids is 1. The van der Waals surface area contributed by atoms with Crippen LogP contribution in [0.2, 0.25) is 0 Å². The molecule has 0 radical (unpaired) electrons. The van der Waals surface area contributed by atoms with Crippen LogP contribution in [-0.2, 0) is 22.6 Å². The van der Waals surface area contributed by atoms with E-state index in [0.717, 1.165) is 17.0 Å². The summed E-state index contributed by atoms with van der Waals surface area (Å²) in [5.41, 5.74) is 2.97. The first-order chi connectivity index (χ1) is 19.0. The summed E-state index contributed by atoms with van der Waals surface area (Å²) in [6, 6.07) is 17.7. The van der Waals surface area contributed by atoms with Crippen LogP contribution in [0, 0.1) is 17.2 Å². The lowest BCUT2D eigenvalue weighted by atomic mass is 9.81. The maximum absolute atomic E-state index is 14.8. The zero-order valence-electron chi connectivity index (χ0n) is 24.6. The predicted molar refractivity (Wildman–Crippen MR) is 157 cm³/mol. The third-order valence-corrected chi connectivity index (χ3v) is 6.79. The highest BCUT2D eigenvalue weighted by Gasteiger charge is 2.27. The van der Waals surface area contributed by atoms with Gasteiger partial charge in [0.25, 0.3) is 0 Å². The predicted octanol–water partition coefficient (Wildman–Crippen LogP) is 8.07. The molecule has 0 heterocycles. The van der Waals surface area contributed by atoms with Crippen LogP contribution in [0.5, 0.6) is 11.5 Å². The molecule has 0 amide bonds. The smallest absolute Gasteiger partial charge is 0.306 e. The molecule has 0 bridgehead atoms. The highest BCUT2D eigenvalue weighted by Crippen LogP contribution is 2.40. The van der Waals surface area contributed by atoms with Gasteiger partial charge in [0.2, 0.25) is 0 Å². The number of aliphatic hydroxyl groups is 1. The standard InChI is InChI=1S/C30H35FO5.C4H8/c1-6-35-28(32)15-11-20-8-7-9-23(16-20)36-19-21-10-13-24(26(17-21)29(33)30(2,3)4)25-18-22(34-5)12-14-27(25)31;1-4-2-3-4/h7-10,12-14,16-18,29,33H,6,11,15,19H2,1-5H3;4H,2-3H2,1H3. The van der Waals surface area contributed by atoms with Crippen molar-refractivity contribution in [2.75, 3.05) is 13.7 Å². The molecule has 0 spiro atoms. The Labute approximate surface area is 238 Å². The Morgan fingerprint density at radius 3 is 2.35 bits per heavy atom. The summed E-state index contributed by atoms with van der Waals surface area (Å²) in [6.07, 6.45) is 3.02. The molecule has 0 saturated heterocycles. The molecule has 3 aromatic carbocycles. The molecule has 1 saturated carbocycles. The van der Waals surface area contributed by atoms with E-state index in [1.807, 2.05) is 63.2 Å². The Kier molecular flexibility index (Phi) is 11.1. The van der Waals surface area contributed by atoms with Crippen LogP contribution in [-0.4, -0.2) is 24.8 Å². The highest BCUT2D eigenvalue weighted by molar-refractivity contribution is 5.71. The molecule has 5 nitrogen and oxygen atoms in total. The van der Waals surface area contributed by atoms with E-state index in [9.17, 15) is 14.3 Å². The third kappa shape index (κ3) is 9.37. The number of carbonyl (C=O) groups is 1. The zero-order chi connectivity index (χ0) is 29.3. The van der Waals surface area contributed by atoms with Crippen LogP contribution in [0.25, 0.3) is 11.1 Å². The van der Waals surface area contributed by atoms with Gasteiger partial charge in [0.1, 0.15) is 23.9 Å². The van der Waals surface area contributed by atoms with Gasteiger partial charge in [-0.3, -0.25) is 4.79 Å². The van der Waals surface area contributed by atoms with Gasteiger partial charge in [0, 0.05) is 12.0 Å². The van der Waals surface area contributed by atoms with Crippen LogP contribution in [0.4, 0.5) is 4.39 Å². The number of esters is 1. The largest absolute Gasteiger partial charge is 0.497 e. The first-order valence-corrected chi connectivity index (χ1v) is 14.0. The molecule has 1 aliphatic carbocycles. The quantitative estimate of drug-likeness (QED) is 0.259. The molecule has 1 aliphatic rings. The lowest BCUT2D eigenvalue weighted by Crippen LogP contribution is -2.19. The fourth-order valence-corrected chi connectivity index (χ4v) is 4.08. The van der Waals surface area contributed by atoms with Gasteiger partial charge in [-0.05, 0) is 83.3 Å². The van der Waals surface area contributed by atoms with E-state index < -0.39 is 11.5 Å². The summed E-state index contributed by atoms with van der Waals surface area (Å²) in [4.78, 5) is 11.7. The molecule has 3 aromatic rings. The number of rotatable bonds is 10. The maximum atomic E-state index is 14.8. The number of ether oxygens (including phenoxy) is 3. The van der Waals surface area contributed by atoms with Crippen LogP contribution in [0.3, 0.4) is 0 Å². The number of benzene rings is 3. The summed E-state index contributed by atoms with van der Waals surface area (Å²) < 4.78 is 31.1. The summed E-state index contributed by atoms with van der Waals surface area (Å²) in [5.74, 6) is 1.69. The van der Waals surface area contributed by atoms with Crippen LogP contribution in [0.1, 0.15) is 76.7 Å². The van der Waals surface area contributed by atoms with Gasteiger partial charge in [-0.25, -0.2) is 4.39 Å². The van der Waals surface area contributed by atoms with E-state index in [0.29, 0.717) is 47.6 Å². The maximum Gasteiger partial charge on any atom is 0.306 e. The molecule has 216 valence electrons. The average Bonchev–Trinajstić information content (AvgIpc) is 3.72. The topological polar surface area (TPSA) is 65.0 Å². The normalized spacial score (nSPS) is 13.6. The van der Waals surface area contributed by atoms with E-state index in [1.165, 1.54) is 26.0 Å². The van der Waals surface area contributed by atoms with Crippen molar-refractivity contribution in [3.63, 3.8) is 0 Å². The first kappa shape index (κ1) is 31.2. The van der Waals surface area contributed by atoms with Crippen molar-refractivity contribution in [1.29, 1.82) is 0 Å². The monoisotopic (exact) mass is 550 g/mol. The molecule has 1 N–H and O–H groups in total. The van der Waals surface area contributed by atoms with Crippen molar-refractivity contribution < 1.29 is 28.5 Å². The molecule has 40 heavy (non-hydrogen) atoms. The van der Waals surface area contributed by atoms with E-state index in [2.05, 4.69) is 6.92 Å². The number of aliphatic hydroxyl groups excluding tert-OH is 1. The molecule has 1 fully saturated rings. The van der Waals surface area contributed by atoms with Crippen molar-refractivity contribution in [1.82, 2.24) is 0 Å². The SMILES string of the molecule is CC1CC1.CCOC(=O)CCc1cccc(OCc2ccc(-c3cc(OC)ccc3F)c(C(O)C(C)(C)C)c2)c1. The lowest BCUT2D eigenvalue weighted by molar-refractivity contribution is -0.143. The van der Waals surface area contributed by atoms with Crippen molar-refractivity contribution in [3.8, 4) is 22.6 Å². The first-order valence-electron chi connectivity index (χ1n) is 14.0. The van der Waals surface area contributed by atoms with Crippen molar-refractivity contribution >= 4 is 5.97 Å². The van der Waals surface area contributed by atoms with E-state index in [4.69, 9.17) is 14.2 Å². The Morgan fingerprint density at radius 1 is 1.00 bits per heavy atom. The molecule has 1 unspecified atom stereocenters. The molecule has 6 heteroatoms. The molecule has 0 aliphatic heterocycles. The van der Waals surface area contributed by atoms with E-state index >= 15 is 0 Å². The van der Waals surface area contributed by atoms with Crippen molar-refractivity contribution in [3.05, 3.63) is 83.2 Å². The Morgan fingerprint density at radius 2 is 1.73 bits per heavy atom. The fraction of sp³-hybridized carbons (Fsp3) is 0.441. The molecule has 0 aromatic heterocycles. The summed E-state index contributed by atoms with van der Waals surface area (Å²) in [7, 11) is 1.54. The van der Waals surface area contributed by atoms with E-state index in [-0.39, 0.29) is 18.4 Å². The zero-order valence-corrected chi connectivity index (χ0v) is 24.6. The Balaban J connectivity index is 0.00000101. The van der Waals surface area contributed by atoms with Crippen molar-refractivity contribution in [2.24, 2.45) is 11.3 Å². The number of hydrogen-bond acceptors (Lipinski definition) is 5. The van der Waals surface area contributed by atoms with Crippen molar-refractivity contribution in [2.45, 2.75) is 73.0 Å². The second-order valence-electron chi connectivity index (χ2n) is 11.5. The third-order valence-electron chi connectivity index (χ3n) is 6.79. The number of aryl methyl sites for hydroxylation is 1. The molecular weight excluding hydrogens is 507 g/mol. The second kappa shape index (κ2) is 14.3. The van der Waals surface area contributed by atoms with Gasteiger partial charge in [0.15, 0.2) is 0 Å². The molecule has 1 atom stereocenters. The minimum absolute atomic E-state index is 0.221. The number of halogens is 1. The lowest BCUT2D eigenvalue weighted by Gasteiger charge is -2.28. The molecule has 4 rings (SSSR count). The van der Waals surface area contributed by atoms with Gasteiger partial charge in [-0.1, -0.05) is 64.8 Å². The number of methoxy groups -OCH3 is 1. The molecular formula is C34H43FO5. The highest BCUT2D eigenvalue weighted by atomic mass is 19.1. The second-order valence-corrected chi connectivity index (χ2v) is 11.5. The van der Waals surface area contributed by atoms with Crippen LogP contribution in [0.15, 0.2) is 60.7 Å². The van der Waals surface area contributed by atoms with Gasteiger partial charge < -0.3 is 19.3 Å². The minimum atomic E-state index is -0.829. The van der Waals surface area contributed by atoms with E-state index in [1.54, 1.807) is 19.1 Å². The van der Waals surface area contributed by atoms with Gasteiger partial charge >= 0.3 is 5.97 Å². The summed E-state index contributed by atoms with van der Waals surface area (Å²) >= 11 is 0. The number of hydrogen-bond donors (Lipinski definition) is 1. The van der Waals surface area contributed by atoms with Gasteiger partial charge in [0.05, 0.1) is 19.8 Å². The minimum Gasteiger partial charge on any atom is -0.497 e. The summed E-state index contributed by atoms with van der Waals surface area (Å²) in [6.45, 7) is 10.5. The van der Waals surface area contributed by atoms with Gasteiger partial charge in [-0.2, -0.15) is 0 Å². The fourth-order valence-electron chi connectivity index (χ4n) is 4.08. The van der Waals surface area contributed by atoms with Crippen LogP contribution >= 0.6 is 0 Å². The van der Waals surface area contributed by atoms with Crippen LogP contribution < -0.4 is 9.47 Å². The van der Waals surface area contributed by atoms with Gasteiger partial charge in [-0.15, -0.1) is 0 Å².